The van der Waals surface area contributed by atoms with Crippen LogP contribution in [0.25, 0.3) is 0 Å². The number of nitrogens with zero attached hydrogens (tertiary/aromatic N) is 1. The molecular formula is C8H4F2N2O2. The molecule has 0 spiro atoms. The second-order valence-electron chi connectivity index (χ2n) is 2.40. The summed E-state index contributed by atoms with van der Waals surface area (Å²) in [5.74, 6) is 0. The molecule has 1 aromatic rings. The summed E-state index contributed by atoms with van der Waals surface area (Å²) < 4.78 is 24.5. The third-order valence-corrected chi connectivity index (χ3v) is 1.56. The van der Waals surface area contributed by atoms with Crippen molar-refractivity contribution in [2.75, 3.05) is 0 Å². The van der Waals surface area contributed by atoms with Gasteiger partial charge >= 0.3 is 0 Å². The zero-order valence-electron chi connectivity index (χ0n) is 6.75. The van der Waals surface area contributed by atoms with E-state index < -0.39 is 23.1 Å². The molecule has 0 saturated heterocycles. The molecule has 0 radical (unpaired) electrons. The summed E-state index contributed by atoms with van der Waals surface area (Å²) >= 11 is 0. The molecule has 0 aliphatic rings. The van der Waals surface area contributed by atoms with E-state index in [1.54, 1.807) is 6.07 Å². The van der Waals surface area contributed by atoms with Crippen molar-refractivity contribution in [2.45, 2.75) is 6.43 Å². The predicted molar refractivity (Wildman–Crippen MR) is 42.1 cm³/mol. The summed E-state index contributed by atoms with van der Waals surface area (Å²) in [6.45, 7) is 0. The van der Waals surface area contributed by atoms with Crippen molar-refractivity contribution in [3.05, 3.63) is 33.2 Å². The van der Waals surface area contributed by atoms with Crippen LogP contribution in [0.15, 0.2) is 10.9 Å². The molecule has 1 heterocycles. The largest absolute Gasteiger partial charge is 0.344 e. The number of nitriles is 1. The van der Waals surface area contributed by atoms with Gasteiger partial charge in [0, 0.05) is 6.07 Å². The van der Waals surface area contributed by atoms with Gasteiger partial charge in [0.25, 0.3) is 6.43 Å². The van der Waals surface area contributed by atoms with E-state index in [-0.39, 0.29) is 12.0 Å². The Hall–Kier alpha value is -2.03. The van der Waals surface area contributed by atoms with Gasteiger partial charge < -0.3 is 4.98 Å². The van der Waals surface area contributed by atoms with Crippen LogP contribution in [-0.4, -0.2) is 11.3 Å². The van der Waals surface area contributed by atoms with Gasteiger partial charge in [0.2, 0.25) is 0 Å². The lowest BCUT2D eigenvalue weighted by atomic mass is 10.2. The minimum Gasteiger partial charge on any atom is -0.344 e. The van der Waals surface area contributed by atoms with Gasteiger partial charge in [-0.15, -0.1) is 0 Å². The Labute approximate surface area is 76.8 Å². The molecule has 4 nitrogen and oxygen atoms in total. The fraction of sp³-hybridized carbons (Fsp3) is 0.125. The second-order valence-corrected chi connectivity index (χ2v) is 2.40. The van der Waals surface area contributed by atoms with E-state index in [0.717, 1.165) is 6.07 Å². The van der Waals surface area contributed by atoms with Crippen LogP contribution in [0.1, 0.15) is 28.2 Å². The average Bonchev–Trinajstić information content (AvgIpc) is 2.15. The molecule has 1 aromatic heterocycles. The van der Waals surface area contributed by atoms with Crippen LogP contribution in [0.2, 0.25) is 0 Å². The van der Waals surface area contributed by atoms with Crippen LogP contribution in [0.5, 0.6) is 0 Å². The molecule has 0 aliphatic heterocycles. The van der Waals surface area contributed by atoms with Crippen molar-refractivity contribution < 1.29 is 13.6 Å². The molecule has 6 heteroatoms. The number of carbonyl (C=O) groups is 1. The number of hydrogen-bond donors (Lipinski definition) is 1. The van der Waals surface area contributed by atoms with E-state index >= 15 is 0 Å². The lowest BCUT2D eigenvalue weighted by Crippen LogP contribution is -2.14. The summed E-state index contributed by atoms with van der Waals surface area (Å²) in [6, 6.07) is 2.28. The highest BCUT2D eigenvalue weighted by Crippen LogP contribution is 2.16. The third kappa shape index (κ3) is 1.66. The lowest BCUT2D eigenvalue weighted by Gasteiger charge is -2.02. The average molecular weight is 198 g/mol. The Morgan fingerprint density at radius 3 is 2.64 bits per heavy atom. The van der Waals surface area contributed by atoms with E-state index in [9.17, 15) is 18.4 Å². The maximum absolute atomic E-state index is 12.2. The minimum absolute atomic E-state index is 0.0870. The molecule has 1 rings (SSSR count). The van der Waals surface area contributed by atoms with E-state index in [1.165, 1.54) is 0 Å². The molecule has 0 amide bonds. The number of pyridine rings is 1. The van der Waals surface area contributed by atoms with Crippen LogP contribution in [0.4, 0.5) is 8.78 Å². The first kappa shape index (κ1) is 10.1. The summed E-state index contributed by atoms with van der Waals surface area (Å²) in [5, 5.41) is 8.39. The molecule has 0 unspecified atom stereocenters. The lowest BCUT2D eigenvalue weighted by molar-refractivity contribution is 0.110. The minimum atomic E-state index is -3.04. The first-order valence-electron chi connectivity index (χ1n) is 3.50. The normalized spacial score (nSPS) is 9.86. The number of halogens is 2. The summed E-state index contributed by atoms with van der Waals surface area (Å²) in [7, 11) is 0. The van der Waals surface area contributed by atoms with Crippen molar-refractivity contribution in [1.82, 2.24) is 4.98 Å². The van der Waals surface area contributed by atoms with E-state index in [4.69, 9.17) is 5.26 Å². The topological polar surface area (TPSA) is 73.7 Å². The SMILES string of the molecule is N#Cc1cc(=O)c(C(F)F)c(C=O)[nH]1. The standard InChI is InChI=1S/C8H4F2N2O2/c9-8(10)7-5(3-13)12-4(2-11)1-6(7)14/h1,3,8H,(H,12,14). The molecular weight excluding hydrogens is 194 g/mol. The maximum atomic E-state index is 12.2. The fourth-order valence-corrected chi connectivity index (χ4v) is 0.968. The number of aldehydes is 1. The molecule has 0 fully saturated rings. The number of rotatable bonds is 2. The molecule has 1 N–H and O–H groups in total. The zero-order chi connectivity index (χ0) is 10.7. The number of nitrogens with one attached hydrogen (secondary N) is 1. The first-order chi connectivity index (χ1) is 6.60. The first-order valence-corrected chi connectivity index (χ1v) is 3.50. The van der Waals surface area contributed by atoms with Gasteiger partial charge in [0.05, 0.1) is 11.3 Å². The second kappa shape index (κ2) is 3.79. The summed E-state index contributed by atoms with van der Waals surface area (Å²) in [6.07, 6.45) is -2.95. The van der Waals surface area contributed by atoms with Crippen molar-refractivity contribution >= 4 is 6.29 Å². The molecule has 0 aliphatic carbocycles. The Kier molecular flexibility index (Phi) is 2.72. The molecule has 72 valence electrons. The van der Waals surface area contributed by atoms with Crippen molar-refractivity contribution in [3.63, 3.8) is 0 Å². The number of H-pyrrole nitrogens is 1. The van der Waals surface area contributed by atoms with Gasteiger partial charge in [-0.3, -0.25) is 9.59 Å². The Balaban J connectivity index is 3.53. The van der Waals surface area contributed by atoms with Gasteiger partial charge in [-0.05, 0) is 0 Å². The van der Waals surface area contributed by atoms with Gasteiger partial charge in [0.15, 0.2) is 11.7 Å². The quantitative estimate of drug-likeness (QED) is 0.720. The van der Waals surface area contributed by atoms with Gasteiger partial charge in [-0.25, -0.2) is 8.78 Å². The predicted octanol–water partition coefficient (Wildman–Crippen LogP) is 0.997. The monoisotopic (exact) mass is 198 g/mol. The van der Waals surface area contributed by atoms with Crippen molar-refractivity contribution in [2.24, 2.45) is 0 Å². The van der Waals surface area contributed by atoms with Gasteiger partial charge in [-0.2, -0.15) is 5.26 Å². The molecule has 0 atom stereocenters. The molecule has 0 bridgehead atoms. The number of alkyl halides is 2. The van der Waals surface area contributed by atoms with E-state index in [1.807, 2.05) is 0 Å². The summed E-state index contributed by atoms with van der Waals surface area (Å²) in [4.78, 5) is 23.5. The number of hydrogen-bond acceptors (Lipinski definition) is 3. The molecule has 0 aromatic carbocycles. The fourth-order valence-electron chi connectivity index (χ4n) is 0.968. The van der Waals surface area contributed by atoms with Gasteiger partial charge in [-0.1, -0.05) is 0 Å². The van der Waals surface area contributed by atoms with Crippen LogP contribution in [0.3, 0.4) is 0 Å². The Bertz CT molecular complexity index is 459. The highest BCUT2D eigenvalue weighted by molar-refractivity contribution is 5.74. The number of aromatic nitrogens is 1. The van der Waals surface area contributed by atoms with Crippen molar-refractivity contribution in [3.8, 4) is 6.07 Å². The highest BCUT2D eigenvalue weighted by atomic mass is 19.3. The van der Waals surface area contributed by atoms with Crippen LogP contribution in [-0.2, 0) is 0 Å². The van der Waals surface area contributed by atoms with Crippen LogP contribution < -0.4 is 5.43 Å². The number of carbonyl (C=O) groups excluding carboxylic acids is 1. The Morgan fingerprint density at radius 1 is 1.57 bits per heavy atom. The molecule has 14 heavy (non-hydrogen) atoms. The maximum Gasteiger partial charge on any atom is 0.269 e. The molecule has 0 saturated carbocycles. The smallest absolute Gasteiger partial charge is 0.269 e. The third-order valence-electron chi connectivity index (χ3n) is 1.56. The Morgan fingerprint density at radius 2 is 2.21 bits per heavy atom. The van der Waals surface area contributed by atoms with Gasteiger partial charge in [0.1, 0.15) is 11.8 Å². The van der Waals surface area contributed by atoms with Crippen LogP contribution >= 0.6 is 0 Å². The van der Waals surface area contributed by atoms with Crippen LogP contribution in [0, 0.1) is 11.3 Å². The highest BCUT2D eigenvalue weighted by Gasteiger charge is 2.18. The zero-order valence-corrected chi connectivity index (χ0v) is 6.75. The number of aromatic amines is 1. The van der Waals surface area contributed by atoms with E-state index in [2.05, 4.69) is 4.98 Å². The van der Waals surface area contributed by atoms with Crippen molar-refractivity contribution in [1.29, 1.82) is 5.26 Å². The van der Waals surface area contributed by atoms with E-state index in [0.29, 0.717) is 0 Å². The summed E-state index contributed by atoms with van der Waals surface area (Å²) in [5.41, 5.74) is -2.69.